The van der Waals surface area contributed by atoms with Gasteiger partial charge in [-0.2, -0.15) is 0 Å². The Morgan fingerprint density at radius 1 is 1.09 bits per heavy atom. The van der Waals surface area contributed by atoms with Gasteiger partial charge in [-0.3, -0.25) is 4.31 Å². The van der Waals surface area contributed by atoms with Crippen molar-refractivity contribution >= 4 is 47.6 Å². The molecule has 0 spiro atoms. The van der Waals surface area contributed by atoms with E-state index in [0.717, 1.165) is 4.47 Å². The number of nitrogens with zero attached hydrogens (tertiary/aromatic N) is 1. The van der Waals surface area contributed by atoms with Gasteiger partial charge < -0.3 is 4.74 Å². The number of halogens is 2. The van der Waals surface area contributed by atoms with Crippen LogP contribution in [0.1, 0.15) is 6.92 Å². The molecule has 2 aromatic rings. The fourth-order valence-corrected chi connectivity index (χ4v) is 4.89. The minimum atomic E-state index is -3.66. The van der Waals surface area contributed by atoms with Crippen LogP contribution in [-0.2, 0) is 10.0 Å². The molecule has 0 heterocycles. The van der Waals surface area contributed by atoms with E-state index in [1.165, 1.54) is 11.4 Å². The molecule has 0 fully saturated rings. The average Bonchev–Trinajstić information content (AvgIpc) is 2.49. The lowest BCUT2D eigenvalue weighted by Gasteiger charge is -2.24. The zero-order valence-electron chi connectivity index (χ0n) is 12.1. The Morgan fingerprint density at radius 3 is 2.32 bits per heavy atom. The number of anilines is 1. The number of ether oxygens (including phenoxy) is 1. The Balaban J connectivity index is 2.52. The predicted molar refractivity (Wildman–Crippen MR) is 95.0 cm³/mol. The summed E-state index contributed by atoms with van der Waals surface area (Å²) >= 11 is 6.73. The average molecular weight is 449 g/mol. The molecule has 0 unspecified atom stereocenters. The van der Waals surface area contributed by atoms with Crippen LogP contribution in [0.15, 0.2) is 56.3 Å². The van der Waals surface area contributed by atoms with Crippen LogP contribution in [0.4, 0.5) is 5.69 Å². The number of rotatable bonds is 5. The number of methoxy groups -OCH3 is 1. The minimum absolute atomic E-state index is 0.206. The van der Waals surface area contributed by atoms with Crippen LogP contribution in [0.3, 0.4) is 0 Å². The largest absolute Gasteiger partial charge is 0.496 e. The van der Waals surface area contributed by atoms with E-state index in [1.807, 2.05) is 18.2 Å². The molecular weight excluding hydrogens is 434 g/mol. The van der Waals surface area contributed by atoms with Gasteiger partial charge in [-0.05, 0) is 69.1 Å². The van der Waals surface area contributed by atoms with Gasteiger partial charge in [0.05, 0.1) is 22.2 Å². The van der Waals surface area contributed by atoms with Crippen molar-refractivity contribution in [2.45, 2.75) is 11.8 Å². The van der Waals surface area contributed by atoms with E-state index in [9.17, 15) is 8.42 Å². The summed E-state index contributed by atoms with van der Waals surface area (Å²) < 4.78 is 33.7. The lowest BCUT2D eigenvalue weighted by Crippen LogP contribution is -2.31. The van der Waals surface area contributed by atoms with Crippen molar-refractivity contribution in [2.75, 3.05) is 18.0 Å². The standard InChI is InChI=1S/C15H15Br2NO3S/c1-3-18(14-7-5-4-6-12(14)16)22(19,20)11-8-9-15(21-2)13(17)10-11/h4-10H,3H2,1-2H3. The van der Waals surface area contributed by atoms with Gasteiger partial charge in [-0.1, -0.05) is 12.1 Å². The minimum Gasteiger partial charge on any atom is -0.496 e. The molecule has 0 aliphatic heterocycles. The van der Waals surface area contributed by atoms with Crippen molar-refractivity contribution in [1.82, 2.24) is 0 Å². The first-order valence-corrected chi connectivity index (χ1v) is 9.55. The molecule has 118 valence electrons. The first-order chi connectivity index (χ1) is 10.4. The summed E-state index contributed by atoms with van der Waals surface area (Å²) in [5.74, 6) is 0.586. The summed E-state index contributed by atoms with van der Waals surface area (Å²) in [7, 11) is -2.12. The third-order valence-electron chi connectivity index (χ3n) is 3.12. The molecule has 0 saturated heterocycles. The van der Waals surface area contributed by atoms with Crippen molar-refractivity contribution in [3.05, 3.63) is 51.4 Å². The quantitative estimate of drug-likeness (QED) is 0.679. The van der Waals surface area contributed by atoms with Crippen LogP contribution >= 0.6 is 31.9 Å². The highest BCUT2D eigenvalue weighted by atomic mass is 79.9. The molecule has 0 aliphatic rings. The van der Waals surface area contributed by atoms with Crippen LogP contribution in [0, 0.1) is 0 Å². The van der Waals surface area contributed by atoms with Crippen molar-refractivity contribution in [2.24, 2.45) is 0 Å². The van der Waals surface area contributed by atoms with Gasteiger partial charge in [-0.15, -0.1) is 0 Å². The first kappa shape index (κ1) is 17.3. The highest BCUT2D eigenvalue weighted by Crippen LogP contribution is 2.33. The SMILES string of the molecule is CCN(c1ccccc1Br)S(=O)(=O)c1ccc(OC)c(Br)c1. The van der Waals surface area contributed by atoms with Gasteiger partial charge in [-0.25, -0.2) is 8.42 Å². The second-order valence-electron chi connectivity index (χ2n) is 4.42. The van der Waals surface area contributed by atoms with Crippen molar-refractivity contribution in [1.29, 1.82) is 0 Å². The first-order valence-electron chi connectivity index (χ1n) is 6.52. The maximum absolute atomic E-state index is 12.9. The third kappa shape index (κ3) is 3.31. The van der Waals surface area contributed by atoms with Crippen LogP contribution in [0.2, 0.25) is 0 Å². The second kappa shape index (κ2) is 7.02. The maximum atomic E-state index is 12.9. The number of para-hydroxylation sites is 1. The lowest BCUT2D eigenvalue weighted by molar-refractivity contribution is 0.411. The Bertz CT molecular complexity index is 778. The fraction of sp³-hybridized carbons (Fsp3) is 0.200. The van der Waals surface area contributed by atoms with Crippen molar-refractivity contribution in [3.63, 3.8) is 0 Å². The molecule has 0 atom stereocenters. The molecule has 0 aromatic heterocycles. The third-order valence-corrected chi connectivity index (χ3v) is 6.29. The number of sulfonamides is 1. The van der Waals surface area contributed by atoms with Crippen LogP contribution < -0.4 is 9.04 Å². The van der Waals surface area contributed by atoms with E-state index < -0.39 is 10.0 Å². The smallest absolute Gasteiger partial charge is 0.264 e. The van der Waals surface area contributed by atoms with Crippen LogP contribution in [0.25, 0.3) is 0 Å². The number of hydrogen-bond donors (Lipinski definition) is 0. The summed E-state index contributed by atoms with van der Waals surface area (Å²) in [5, 5.41) is 0. The monoisotopic (exact) mass is 447 g/mol. The molecule has 4 nitrogen and oxygen atoms in total. The summed E-state index contributed by atoms with van der Waals surface area (Å²) in [6.07, 6.45) is 0. The summed E-state index contributed by atoms with van der Waals surface area (Å²) in [4.78, 5) is 0.206. The number of benzene rings is 2. The molecule has 0 radical (unpaired) electrons. The number of hydrogen-bond acceptors (Lipinski definition) is 3. The van der Waals surface area contributed by atoms with Gasteiger partial charge >= 0.3 is 0 Å². The van der Waals surface area contributed by atoms with Crippen molar-refractivity contribution in [3.8, 4) is 5.75 Å². The lowest BCUT2D eigenvalue weighted by atomic mass is 10.3. The highest BCUT2D eigenvalue weighted by molar-refractivity contribution is 9.11. The molecule has 2 aromatic carbocycles. The van der Waals surface area contributed by atoms with Gasteiger partial charge in [0.25, 0.3) is 10.0 Å². The molecule has 0 N–H and O–H groups in total. The van der Waals surface area contributed by atoms with E-state index in [2.05, 4.69) is 31.9 Å². The predicted octanol–water partition coefficient (Wildman–Crippen LogP) is 4.44. The molecular formula is C15H15Br2NO3S. The molecule has 22 heavy (non-hydrogen) atoms. The Kier molecular flexibility index (Phi) is 5.52. The van der Waals surface area contributed by atoms with Crippen LogP contribution in [0.5, 0.6) is 5.75 Å². The molecule has 7 heteroatoms. The van der Waals surface area contributed by atoms with Crippen molar-refractivity contribution < 1.29 is 13.2 Å². The van der Waals surface area contributed by atoms with Gasteiger partial charge in [0, 0.05) is 11.0 Å². The normalized spacial score (nSPS) is 11.3. The topological polar surface area (TPSA) is 46.6 Å². The van der Waals surface area contributed by atoms with Gasteiger partial charge in [0.15, 0.2) is 0 Å². The molecule has 0 amide bonds. The van der Waals surface area contributed by atoms with E-state index in [4.69, 9.17) is 4.74 Å². The molecule has 0 saturated carbocycles. The maximum Gasteiger partial charge on any atom is 0.264 e. The Hall–Kier alpha value is -1.05. The summed E-state index contributed by atoms with van der Waals surface area (Å²) in [6.45, 7) is 2.13. The van der Waals surface area contributed by atoms with Gasteiger partial charge in [0.1, 0.15) is 5.75 Å². The zero-order valence-corrected chi connectivity index (χ0v) is 16.1. The van der Waals surface area contributed by atoms with E-state index >= 15 is 0 Å². The van der Waals surface area contributed by atoms with E-state index in [1.54, 1.807) is 31.2 Å². The van der Waals surface area contributed by atoms with E-state index in [-0.39, 0.29) is 4.90 Å². The highest BCUT2D eigenvalue weighted by Gasteiger charge is 2.25. The summed E-state index contributed by atoms with van der Waals surface area (Å²) in [6, 6.07) is 12.0. The molecule has 0 aliphatic carbocycles. The summed E-state index contributed by atoms with van der Waals surface area (Å²) in [5.41, 5.74) is 0.608. The second-order valence-corrected chi connectivity index (χ2v) is 7.99. The Morgan fingerprint density at radius 2 is 1.77 bits per heavy atom. The van der Waals surface area contributed by atoms with E-state index in [0.29, 0.717) is 22.5 Å². The fourth-order valence-electron chi connectivity index (χ4n) is 2.06. The molecule has 2 rings (SSSR count). The van der Waals surface area contributed by atoms with Crippen LogP contribution in [-0.4, -0.2) is 22.1 Å². The van der Waals surface area contributed by atoms with Gasteiger partial charge in [0.2, 0.25) is 0 Å². The molecule has 0 bridgehead atoms. The Labute approximate surface area is 147 Å². The zero-order chi connectivity index (χ0) is 16.3.